The number of fused-ring (bicyclic) bond motifs is 15. The lowest BCUT2D eigenvalue weighted by atomic mass is 9.84. The third kappa shape index (κ3) is 14.2. The lowest BCUT2D eigenvalue weighted by Crippen LogP contribution is -2.29. The molecular formula is C138H92N6. The molecule has 28 rings (SSSR count). The molecule has 144 heavy (non-hydrogen) atoms. The van der Waals surface area contributed by atoms with E-state index < -0.39 is 0 Å². The molecule has 2 aliphatic rings. The molecule has 24 aromatic carbocycles. The maximum atomic E-state index is 2.59. The van der Waals surface area contributed by atoms with Crippen LogP contribution in [0.5, 0.6) is 0 Å². The fourth-order valence-corrected chi connectivity index (χ4v) is 23.5. The molecule has 2 aromatic heterocycles. The van der Waals surface area contributed by atoms with Gasteiger partial charge in [0, 0.05) is 84.3 Å². The number of benzene rings is 24. The minimum atomic E-state index is -0.00924. The van der Waals surface area contributed by atoms with Gasteiger partial charge in [-0.15, -0.1) is 0 Å². The molecule has 0 amide bonds. The third-order valence-electron chi connectivity index (χ3n) is 30.1. The van der Waals surface area contributed by atoms with Crippen molar-refractivity contribution in [2.75, 3.05) is 19.6 Å². The van der Waals surface area contributed by atoms with Crippen molar-refractivity contribution >= 4 is 176 Å². The molecule has 0 saturated heterocycles. The van der Waals surface area contributed by atoms with Crippen molar-refractivity contribution in [3.8, 4) is 67.0 Å². The highest BCUT2D eigenvalue weighted by molar-refractivity contribution is 6.16. The van der Waals surface area contributed by atoms with Crippen molar-refractivity contribution in [2.24, 2.45) is 0 Å². The Morgan fingerprint density at radius 2 is 0.438 bits per heavy atom. The van der Waals surface area contributed by atoms with Gasteiger partial charge in [0.1, 0.15) is 0 Å². The summed E-state index contributed by atoms with van der Waals surface area (Å²) in [4.78, 5) is 9.92. The number of anilines is 11. The highest BCUT2D eigenvalue weighted by atomic mass is 15.2. The van der Waals surface area contributed by atoms with Gasteiger partial charge in [-0.05, 0) is 325 Å². The molecule has 674 valence electrons. The van der Waals surface area contributed by atoms with Crippen LogP contribution in [0.15, 0.2) is 546 Å². The summed E-state index contributed by atoms with van der Waals surface area (Å²) < 4.78 is 4.94. The van der Waals surface area contributed by atoms with Gasteiger partial charge in [-0.25, -0.2) is 0 Å². The second kappa shape index (κ2) is 34.6. The number of allylic oxidation sites excluding steroid dienone is 2. The molecular weight excluding hydrogens is 1740 g/mol. The Labute approximate surface area is 835 Å². The van der Waals surface area contributed by atoms with Crippen LogP contribution < -0.4 is 19.6 Å². The van der Waals surface area contributed by atoms with Gasteiger partial charge in [0.2, 0.25) is 0 Å². The lowest BCUT2D eigenvalue weighted by Gasteiger charge is -2.33. The quantitative estimate of drug-likeness (QED) is 0.0854. The molecule has 3 heterocycles. The molecule has 0 bridgehead atoms. The van der Waals surface area contributed by atoms with E-state index in [1.54, 1.807) is 0 Å². The van der Waals surface area contributed by atoms with Gasteiger partial charge < -0.3 is 28.7 Å². The fourth-order valence-electron chi connectivity index (χ4n) is 23.5. The van der Waals surface area contributed by atoms with E-state index in [2.05, 4.69) is 575 Å². The zero-order chi connectivity index (χ0) is 94.8. The Balaban J connectivity index is 0.616. The summed E-state index contributed by atoms with van der Waals surface area (Å²) in [5.74, 6) is 0.0435. The van der Waals surface area contributed by atoms with Crippen molar-refractivity contribution in [3.63, 3.8) is 0 Å². The van der Waals surface area contributed by atoms with Gasteiger partial charge in [-0.3, -0.25) is 0 Å². The number of aromatic nitrogens is 2. The Kier molecular flexibility index (Phi) is 20.0. The van der Waals surface area contributed by atoms with Crippen LogP contribution in [-0.2, 0) is 0 Å². The molecule has 26 aromatic rings. The smallest absolute Gasteiger partial charge is 0.0630 e. The number of nitrogens with zero attached hydrogens (tertiary/aromatic N) is 6. The first kappa shape index (κ1) is 83.3. The Hall–Kier alpha value is -18.9. The summed E-state index contributed by atoms with van der Waals surface area (Å²) in [7, 11) is 0. The van der Waals surface area contributed by atoms with E-state index in [0.29, 0.717) is 0 Å². The summed E-state index contributed by atoms with van der Waals surface area (Å²) in [6, 6.07) is 196. The van der Waals surface area contributed by atoms with Crippen LogP contribution in [0, 0.1) is 0 Å². The van der Waals surface area contributed by atoms with Gasteiger partial charge >= 0.3 is 0 Å². The SMILES string of the molecule is C1=CC2C(C=C1c1cccc3ccccc13)c1cc(-c3cccc4ccccc34)ccc1N2c1ccc(N(c2ccccc2)c2cc(N(c3ccccc3)c3ccc(-n4c5ccc(-c6cccc7ccccc67)cc5c5cc(-c6cccc7ccccc67)ccc54)cc3)cc(N(c3ccccc3)c3ccc(-n4c5ccc(-c6cccc7ccccc67)cc5c5cc(-c6cccc7ccccc67)ccc54)cc3)c2)cc1. The number of hydrogen-bond acceptors (Lipinski definition) is 4. The highest BCUT2D eigenvalue weighted by Gasteiger charge is 2.40. The summed E-state index contributed by atoms with van der Waals surface area (Å²) in [5.41, 5.74) is 33.5. The molecule has 6 nitrogen and oxygen atoms in total. The monoisotopic (exact) mass is 1830 g/mol. The van der Waals surface area contributed by atoms with E-state index >= 15 is 0 Å². The van der Waals surface area contributed by atoms with Gasteiger partial charge in [0.25, 0.3) is 0 Å². The molecule has 1 aliphatic heterocycles. The second-order valence-corrected chi connectivity index (χ2v) is 38.2. The summed E-state index contributed by atoms with van der Waals surface area (Å²) >= 11 is 0. The second-order valence-electron chi connectivity index (χ2n) is 38.2. The van der Waals surface area contributed by atoms with Crippen LogP contribution in [0.1, 0.15) is 17.0 Å². The largest absolute Gasteiger partial charge is 0.333 e. The summed E-state index contributed by atoms with van der Waals surface area (Å²) in [5, 5.41) is 19.5. The first-order valence-electron chi connectivity index (χ1n) is 49.8. The fraction of sp³-hybridized carbons (Fsp3) is 0.0145. The van der Waals surface area contributed by atoms with Crippen molar-refractivity contribution in [2.45, 2.75) is 12.0 Å². The average Bonchev–Trinajstić information content (AvgIpc) is 1.58. The summed E-state index contributed by atoms with van der Waals surface area (Å²) in [6.45, 7) is 0. The van der Waals surface area contributed by atoms with Gasteiger partial charge in [0.05, 0.1) is 45.2 Å². The van der Waals surface area contributed by atoms with Gasteiger partial charge in [0.15, 0.2) is 0 Å². The zero-order valence-electron chi connectivity index (χ0n) is 78.8. The first-order chi connectivity index (χ1) is 71.4. The van der Waals surface area contributed by atoms with Crippen LogP contribution in [0.3, 0.4) is 0 Å². The highest BCUT2D eigenvalue weighted by Crippen LogP contribution is 2.55. The topological polar surface area (TPSA) is 22.8 Å². The van der Waals surface area contributed by atoms with Crippen LogP contribution >= 0.6 is 0 Å². The molecule has 2 atom stereocenters. The standard InChI is InChI=1S/C138H92N6/c1-4-40-103(41-5-1)139(106-64-70-109(71-65-106)142-133-76-58-97(121-52-22-34-91-28-10-16-46-115(91)121)82-127(133)128-83-98(59-77-134(128)142)122-53-23-35-92-29-11-17-47-116(92)122)112-88-113(140(104-42-6-2-7-43-104)107-66-72-110(73-67-107)143-135-78-60-99(123-54-24-36-93-30-12-18-48-117(93)123)84-129(135)130-85-100(61-79-136(130)143)124-55-25-37-94-31-13-19-49-118(94)124)90-114(89-112)141(105-44-8-3-9-45-105)108-68-74-111(75-69-108)144-137-80-62-101(125-56-26-38-95-32-14-20-50-119(95)125)86-131(137)132-87-102(63-81-138(132)144)126-57-27-39-96-33-15-21-51-120(96)126/h1-90,127,133H. The van der Waals surface area contributed by atoms with E-state index in [9.17, 15) is 0 Å². The maximum Gasteiger partial charge on any atom is 0.0630 e. The van der Waals surface area contributed by atoms with Gasteiger partial charge in [-0.1, -0.05) is 358 Å². The van der Waals surface area contributed by atoms with E-state index in [1.807, 2.05) is 0 Å². The zero-order valence-corrected chi connectivity index (χ0v) is 78.8. The van der Waals surface area contributed by atoms with Crippen LogP contribution in [0.25, 0.3) is 181 Å². The van der Waals surface area contributed by atoms with Crippen molar-refractivity contribution in [1.29, 1.82) is 0 Å². The summed E-state index contributed by atoms with van der Waals surface area (Å²) in [6.07, 6.45) is 7.37. The Morgan fingerprint density at radius 1 is 0.181 bits per heavy atom. The van der Waals surface area contributed by atoms with E-state index in [-0.39, 0.29) is 12.0 Å². The Bertz CT molecular complexity index is 8980. The average molecular weight is 1830 g/mol. The van der Waals surface area contributed by atoms with Crippen LogP contribution in [-0.4, -0.2) is 15.2 Å². The Morgan fingerprint density at radius 3 is 0.757 bits per heavy atom. The normalized spacial score (nSPS) is 13.4. The van der Waals surface area contributed by atoms with Gasteiger partial charge in [-0.2, -0.15) is 0 Å². The minimum absolute atomic E-state index is 0.00924. The van der Waals surface area contributed by atoms with Crippen LogP contribution in [0.4, 0.5) is 62.6 Å². The van der Waals surface area contributed by atoms with Crippen molar-refractivity contribution in [1.82, 2.24) is 9.13 Å². The molecule has 2 unspecified atom stereocenters. The van der Waals surface area contributed by atoms with E-state index in [4.69, 9.17) is 0 Å². The predicted octanol–water partition coefficient (Wildman–Crippen LogP) is 37.8. The number of hydrogen-bond donors (Lipinski definition) is 0. The van der Waals surface area contributed by atoms with Crippen molar-refractivity contribution < 1.29 is 0 Å². The van der Waals surface area contributed by atoms with E-state index in [1.165, 1.54) is 164 Å². The molecule has 6 heteroatoms. The molecule has 0 spiro atoms. The molecule has 0 saturated carbocycles. The molecule has 1 aliphatic carbocycles. The van der Waals surface area contributed by atoms with E-state index in [0.717, 1.165) is 90.3 Å². The van der Waals surface area contributed by atoms with Crippen molar-refractivity contribution in [3.05, 3.63) is 557 Å². The molecule has 0 N–H and O–H groups in total. The first-order valence-corrected chi connectivity index (χ1v) is 49.8. The number of para-hydroxylation sites is 3. The molecule has 0 fully saturated rings. The predicted molar refractivity (Wildman–Crippen MR) is 610 cm³/mol. The number of rotatable bonds is 18. The lowest BCUT2D eigenvalue weighted by molar-refractivity contribution is 0.747. The molecule has 0 radical (unpaired) electrons. The maximum absolute atomic E-state index is 2.59. The van der Waals surface area contributed by atoms with Crippen LogP contribution in [0.2, 0.25) is 0 Å². The third-order valence-corrected chi connectivity index (χ3v) is 30.1. The minimum Gasteiger partial charge on any atom is -0.333 e.